The summed E-state index contributed by atoms with van der Waals surface area (Å²) in [6.07, 6.45) is -3.21. The Balaban J connectivity index is 2.29. The molecule has 0 bridgehead atoms. The van der Waals surface area contributed by atoms with Crippen LogP contribution in [0.3, 0.4) is 0 Å². The fourth-order valence-electron chi connectivity index (χ4n) is 1.66. The van der Waals surface area contributed by atoms with Crippen LogP contribution >= 0.6 is 0 Å². The maximum Gasteiger partial charge on any atom is 0.416 e. The topological polar surface area (TPSA) is 24.1 Å². The first-order valence-electron chi connectivity index (χ1n) is 6.86. The molecule has 0 unspecified atom stereocenters. The summed E-state index contributed by atoms with van der Waals surface area (Å²) in [5.74, 6) is 0. The minimum atomic E-state index is -4.26. The van der Waals surface area contributed by atoms with Gasteiger partial charge in [0.15, 0.2) is 0 Å². The third-order valence-corrected chi connectivity index (χ3v) is 3.40. The van der Waals surface area contributed by atoms with E-state index in [4.69, 9.17) is 0 Å². The fraction of sp³-hybridized carbons (Fsp3) is 0.600. The molecule has 0 aliphatic rings. The highest BCUT2D eigenvalue weighted by Gasteiger charge is 2.29. The molecule has 0 saturated heterocycles. The second-order valence-corrected chi connectivity index (χ2v) is 5.54. The van der Waals surface area contributed by atoms with Crippen LogP contribution in [0.4, 0.5) is 13.2 Å². The van der Waals surface area contributed by atoms with Gasteiger partial charge in [0.1, 0.15) is 0 Å². The predicted molar refractivity (Wildman–Crippen MR) is 75.5 cm³/mol. The van der Waals surface area contributed by atoms with Crippen molar-refractivity contribution in [2.45, 2.75) is 45.5 Å². The first kappa shape index (κ1) is 17.0. The zero-order valence-electron chi connectivity index (χ0n) is 12.3. The van der Waals surface area contributed by atoms with Crippen molar-refractivity contribution in [3.8, 4) is 0 Å². The molecule has 0 atom stereocenters. The lowest BCUT2D eigenvalue weighted by atomic mass is 10.0. The van der Waals surface area contributed by atoms with Gasteiger partial charge in [-0.1, -0.05) is 19.1 Å². The smallest absolute Gasteiger partial charge is 0.311 e. The molecule has 0 spiro atoms. The van der Waals surface area contributed by atoms with Gasteiger partial charge in [-0.05, 0) is 38.0 Å². The molecule has 114 valence electrons. The molecular weight excluding hydrogens is 265 g/mol. The van der Waals surface area contributed by atoms with Crippen molar-refractivity contribution < 1.29 is 13.2 Å². The Labute approximate surface area is 118 Å². The lowest BCUT2D eigenvalue weighted by molar-refractivity contribution is -0.137. The van der Waals surface area contributed by atoms with Gasteiger partial charge in [-0.2, -0.15) is 13.2 Å². The van der Waals surface area contributed by atoms with Crippen molar-refractivity contribution in [2.75, 3.05) is 13.1 Å². The maximum absolute atomic E-state index is 12.4. The minimum absolute atomic E-state index is 0.121. The van der Waals surface area contributed by atoms with Gasteiger partial charge in [-0.3, -0.25) is 0 Å². The molecule has 0 aromatic heterocycles. The van der Waals surface area contributed by atoms with Gasteiger partial charge in [-0.15, -0.1) is 0 Å². The zero-order chi connectivity index (χ0) is 15.2. The first-order valence-corrected chi connectivity index (χ1v) is 6.86. The van der Waals surface area contributed by atoms with Gasteiger partial charge in [0.25, 0.3) is 0 Å². The maximum atomic E-state index is 12.4. The van der Waals surface area contributed by atoms with Crippen LogP contribution in [0.1, 0.15) is 38.3 Å². The van der Waals surface area contributed by atoms with Crippen LogP contribution in [-0.4, -0.2) is 18.6 Å². The largest absolute Gasteiger partial charge is 0.416 e. The molecular formula is C15H23F3N2. The Morgan fingerprint density at radius 3 is 2.10 bits per heavy atom. The van der Waals surface area contributed by atoms with Crippen molar-refractivity contribution in [2.24, 2.45) is 0 Å². The quantitative estimate of drug-likeness (QED) is 0.749. The van der Waals surface area contributed by atoms with Crippen LogP contribution in [0.2, 0.25) is 0 Å². The molecule has 5 heteroatoms. The van der Waals surface area contributed by atoms with E-state index in [1.165, 1.54) is 12.1 Å². The number of rotatable bonds is 7. The molecule has 20 heavy (non-hydrogen) atoms. The zero-order valence-corrected chi connectivity index (χ0v) is 12.3. The Bertz CT molecular complexity index is 397. The predicted octanol–water partition coefficient (Wildman–Crippen LogP) is 3.57. The third kappa shape index (κ3) is 5.92. The molecule has 0 fully saturated rings. The highest BCUT2D eigenvalue weighted by atomic mass is 19.4. The standard InChI is InChI=1S/C15H23F3N2/c1-4-14(2,3)20-10-9-19-11-12-5-7-13(8-6-12)15(16,17)18/h5-8,19-20H,4,9-11H2,1-3H3. The van der Waals surface area contributed by atoms with Crippen molar-refractivity contribution in [1.29, 1.82) is 0 Å². The van der Waals surface area contributed by atoms with Crippen LogP contribution in [0, 0.1) is 0 Å². The van der Waals surface area contributed by atoms with E-state index in [2.05, 4.69) is 31.4 Å². The fourth-order valence-corrected chi connectivity index (χ4v) is 1.66. The number of halogens is 3. The molecule has 1 rings (SSSR count). The number of hydrogen-bond acceptors (Lipinski definition) is 2. The molecule has 0 amide bonds. The first-order chi connectivity index (χ1) is 9.24. The molecule has 0 aliphatic carbocycles. The van der Waals surface area contributed by atoms with Crippen molar-refractivity contribution in [3.05, 3.63) is 35.4 Å². The summed E-state index contributed by atoms with van der Waals surface area (Å²) in [5.41, 5.74) is 0.371. The second kappa shape index (κ2) is 7.09. The van der Waals surface area contributed by atoms with Gasteiger partial charge < -0.3 is 10.6 Å². The molecule has 2 N–H and O–H groups in total. The van der Waals surface area contributed by atoms with Gasteiger partial charge in [0, 0.05) is 25.2 Å². The highest BCUT2D eigenvalue weighted by molar-refractivity contribution is 5.24. The van der Waals surface area contributed by atoms with Crippen LogP contribution in [-0.2, 0) is 12.7 Å². The van der Waals surface area contributed by atoms with E-state index in [0.29, 0.717) is 6.54 Å². The summed E-state index contributed by atoms with van der Waals surface area (Å²) in [4.78, 5) is 0. The monoisotopic (exact) mass is 288 g/mol. The Morgan fingerprint density at radius 2 is 1.60 bits per heavy atom. The number of benzene rings is 1. The summed E-state index contributed by atoms with van der Waals surface area (Å²) in [6, 6.07) is 5.27. The summed E-state index contributed by atoms with van der Waals surface area (Å²) < 4.78 is 37.2. The molecule has 0 aliphatic heterocycles. The second-order valence-electron chi connectivity index (χ2n) is 5.54. The van der Waals surface area contributed by atoms with E-state index >= 15 is 0 Å². The van der Waals surface area contributed by atoms with E-state index in [1.807, 2.05) is 0 Å². The minimum Gasteiger partial charge on any atom is -0.311 e. The summed E-state index contributed by atoms with van der Waals surface area (Å²) in [5, 5.41) is 6.63. The van der Waals surface area contributed by atoms with Crippen molar-refractivity contribution in [3.63, 3.8) is 0 Å². The average molecular weight is 288 g/mol. The molecule has 1 aromatic rings. The van der Waals surface area contributed by atoms with E-state index in [-0.39, 0.29) is 5.54 Å². The van der Waals surface area contributed by atoms with Crippen LogP contribution in [0.15, 0.2) is 24.3 Å². The van der Waals surface area contributed by atoms with Gasteiger partial charge >= 0.3 is 6.18 Å². The molecule has 0 heterocycles. The van der Waals surface area contributed by atoms with E-state index < -0.39 is 11.7 Å². The van der Waals surface area contributed by atoms with Crippen LogP contribution < -0.4 is 10.6 Å². The van der Waals surface area contributed by atoms with Crippen molar-refractivity contribution >= 4 is 0 Å². The molecule has 0 saturated carbocycles. The van der Waals surface area contributed by atoms with Crippen molar-refractivity contribution in [1.82, 2.24) is 10.6 Å². The lowest BCUT2D eigenvalue weighted by Crippen LogP contribution is -2.42. The van der Waals surface area contributed by atoms with Gasteiger partial charge in [0.05, 0.1) is 5.56 Å². The van der Waals surface area contributed by atoms with Crippen LogP contribution in [0.25, 0.3) is 0 Å². The highest BCUT2D eigenvalue weighted by Crippen LogP contribution is 2.28. The average Bonchev–Trinajstić information content (AvgIpc) is 2.38. The molecule has 2 nitrogen and oxygen atoms in total. The number of alkyl halides is 3. The van der Waals surface area contributed by atoms with Gasteiger partial charge in [-0.25, -0.2) is 0 Å². The SMILES string of the molecule is CCC(C)(C)NCCNCc1ccc(C(F)(F)F)cc1. The van der Waals surface area contributed by atoms with Gasteiger partial charge in [0.2, 0.25) is 0 Å². The van der Waals surface area contributed by atoms with E-state index in [0.717, 1.165) is 37.2 Å². The Kier molecular flexibility index (Phi) is 6.02. The molecule has 0 radical (unpaired) electrons. The summed E-state index contributed by atoms with van der Waals surface area (Å²) in [6.45, 7) is 8.60. The lowest BCUT2D eigenvalue weighted by Gasteiger charge is -2.24. The third-order valence-electron chi connectivity index (χ3n) is 3.40. The normalized spacial score (nSPS) is 12.7. The number of nitrogens with one attached hydrogen (secondary N) is 2. The summed E-state index contributed by atoms with van der Waals surface area (Å²) >= 11 is 0. The van der Waals surface area contributed by atoms with E-state index in [9.17, 15) is 13.2 Å². The van der Waals surface area contributed by atoms with E-state index in [1.54, 1.807) is 0 Å². The Hall–Kier alpha value is -1.07. The number of hydrogen-bond donors (Lipinski definition) is 2. The Morgan fingerprint density at radius 1 is 1.00 bits per heavy atom. The molecule has 1 aromatic carbocycles. The summed E-state index contributed by atoms with van der Waals surface area (Å²) in [7, 11) is 0. The van der Waals surface area contributed by atoms with Crippen LogP contribution in [0.5, 0.6) is 0 Å².